The van der Waals surface area contributed by atoms with Gasteiger partial charge in [0.2, 0.25) is 0 Å². The van der Waals surface area contributed by atoms with Gasteiger partial charge in [-0.1, -0.05) is 30.3 Å². The Hall–Kier alpha value is -2.00. The predicted octanol–water partition coefficient (Wildman–Crippen LogP) is 4.12. The molecule has 0 spiro atoms. The van der Waals surface area contributed by atoms with Crippen molar-refractivity contribution in [3.63, 3.8) is 0 Å². The van der Waals surface area contributed by atoms with E-state index < -0.39 is 0 Å². The molecule has 0 bridgehead atoms. The third-order valence-corrected chi connectivity index (χ3v) is 3.67. The van der Waals surface area contributed by atoms with Crippen LogP contribution in [0.25, 0.3) is 0 Å². The van der Waals surface area contributed by atoms with Gasteiger partial charge in [-0.05, 0) is 37.1 Å². The summed E-state index contributed by atoms with van der Waals surface area (Å²) in [5.41, 5.74) is 2.42. The fourth-order valence-corrected chi connectivity index (χ4v) is 2.39. The second kappa shape index (κ2) is 7.14. The molecule has 0 radical (unpaired) electrons. The molecule has 0 saturated heterocycles. The van der Waals surface area contributed by atoms with Gasteiger partial charge in [-0.15, -0.1) is 0 Å². The van der Waals surface area contributed by atoms with E-state index in [0.29, 0.717) is 0 Å². The standard InChI is InChI=1S/C18H23NO2/c1-13(15-8-6-5-7-9-15)19-14(2)16-10-17(20-3)12-18(11-16)21-4/h5-14,19H,1-4H3. The Bertz CT molecular complexity index is 546. The van der Waals surface area contributed by atoms with E-state index in [2.05, 4.69) is 43.4 Å². The van der Waals surface area contributed by atoms with Crippen LogP contribution in [0.2, 0.25) is 0 Å². The molecule has 3 heteroatoms. The largest absolute Gasteiger partial charge is 0.497 e. The summed E-state index contributed by atoms with van der Waals surface area (Å²) in [6.45, 7) is 4.32. The molecule has 3 nitrogen and oxygen atoms in total. The molecule has 1 N–H and O–H groups in total. The van der Waals surface area contributed by atoms with Crippen LogP contribution in [-0.2, 0) is 0 Å². The minimum absolute atomic E-state index is 0.198. The number of hydrogen-bond donors (Lipinski definition) is 1. The molecular formula is C18H23NO2. The minimum atomic E-state index is 0.198. The molecule has 0 aromatic heterocycles. The van der Waals surface area contributed by atoms with Crippen molar-refractivity contribution in [2.75, 3.05) is 14.2 Å². The third kappa shape index (κ3) is 3.99. The fraction of sp³-hybridized carbons (Fsp3) is 0.333. The molecule has 0 aliphatic heterocycles. The molecule has 0 amide bonds. The Labute approximate surface area is 126 Å². The van der Waals surface area contributed by atoms with Gasteiger partial charge >= 0.3 is 0 Å². The maximum Gasteiger partial charge on any atom is 0.122 e. The summed E-state index contributed by atoms with van der Waals surface area (Å²) in [6, 6.07) is 16.9. The second-order valence-electron chi connectivity index (χ2n) is 5.17. The Morgan fingerprint density at radius 1 is 0.762 bits per heavy atom. The number of nitrogens with one attached hydrogen (secondary N) is 1. The summed E-state index contributed by atoms with van der Waals surface area (Å²) in [4.78, 5) is 0. The zero-order valence-electron chi connectivity index (χ0n) is 13.1. The van der Waals surface area contributed by atoms with Crippen LogP contribution in [0.5, 0.6) is 11.5 Å². The molecule has 0 aliphatic carbocycles. The van der Waals surface area contributed by atoms with Gasteiger partial charge in [-0.3, -0.25) is 0 Å². The fourth-order valence-electron chi connectivity index (χ4n) is 2.39. The molecule has 2 rings (SSSR count). The van der Waals surface area contributed by atoms with Gasteiger partial charge < -0.3 is 14.8 Å². The summed E-state index contributed by atoms with van der Waals surface area (Å²) in [6.07, 6.45) is 0. The monoisotopic (exact) mass is 285 g/mol. The van der Waals surface area contributed by atoms with Gasteiger partial charge in [0, 0.05) is 18.2 Å². The van der Waals surface area contributed by atoms with E-state index in [1.54, 1.807) is 14.2 Å². The smallest absolute Gasteiger partial charge is 0.122 e. The molecule has 112 valence electrons. The highest BCUT2D eigenvalue weighted by Gasteiger charge is 2.13. The van der Waals surface area contributed by atoms with E-state index in [9.17, 15) is 0 Å². The van der Waals surface area contributed by atoms with Crippen molar-refractivity contribution in [3.05, 3.63) is 59.7 Å². The third-order valence-electron chi connectivity index (χ3n) is 3.67. The molecule has 2 aromatic carbocycles. The summed E-state index contributed by atoms with van der Waals surface area (Å²) >= 11 is 0. The first-order valence-electron chi connectivity index (χ1n) is 7.18. The Morgan fingerprint density at radius 3 is 1.81 bits per heavy atom. The Kier molecular flexibility index (Phi) is 5.23. The van der Waals surface area contributed by atoms with Crippen molar-refractivity contribution in [2.45, 2.75) is 25.9 Å². The van der Waals surface area contributed by atoms with Crippen LogP contribution in [0.4, 0.5) is 0 Å². The minimum Gasteiger partial charge on any atom is -0.497 e. The molecule has 2 atom stereocenters. The first-order valence-corrected chi connectivity index (χ1v) is 7.18. The highest BCUT2D eigenvalue weighted by molar-refractivity contribution is 5.39. The van der Waals surface area contributed by atoms with Crippen molar-refractivity contribution in [1.82, 2.24) is 5.32 Å². The van der Waals surface area contributed by atoms with E-state index in [1.165, 1.54) is 5.56 Å². The van der Waals surface area contributed by atoms with Crippen molar-refractivity contribution in [3.8, 4) is 11.5 Å². The van der Waals surface area contributed by atoms with E-state index in [-0.39, 0.29) is 12.1 Å². The first kappa shape index (κ1) is 15.4. The van der Waals surface area contributed by atoms with Crippen molar-refractivity contribution in [2.24, 2.45) is 0 Å². The average Bonchev–Trinajstić information content (AvgIpc) is 2.54. The van der Waals surface area contributed by atoms with E-state index in [1.807, 2.05) is 24.3 Å². The first-order chi connectivity index (χ1) is 10.1. The molecule has 2 unspecified atom stereocenters. The summed E-state index contributed by atoms with van der Waals surface area (Å²) < 4.78 is 10.7. The average molecular weight is 285 g/mol. The van der Waals surface area contributed by atoms with Crippen molar-refractivity contribution >= 4 is 0 Å². The zero-order chi connectivity index (χ0) is 15.2. The summed E-state index contributed by atoms with van der Waals surface area (Å²) in [5.74, 6) is 1.62. The number of hydrogen-bond acceptors (Lipinski definition) is 3. The molecule has 0 fully saturated rings. The maximum absolute atomic E-state index is 5.33. The molecule has 0 saturated carbocycles. The summed E-state index contributed by atoms with van der Waals surface area (Å²) in [7, 11) is 3.34. The SMILES string of the molecule is COc1cc(OC)cc(C(C)NC(C)c2ccccc2)c1. The normalized spacial score (nSPS) is 13.5. The Balaban J connectivity index is 2.14. The van der Waals surface area contributed by atoms with Gasteiger partial charge in [0.25, 0.3) is 0 Å². The van der Waals surface area contributed by atoms with Crippen LogP contribution in [0.1, 0.15) is 37.1 Å². The van der Waals surface area contributed by atoms with Crippen LogP contribution in [0.3, 0.4) is 0 Å². The van der Waals surface area contributed by atoms with Crippen molar-refractivity contribution in [1.29, 1.82) is 0 Å². The zero-order valence-corrected chi connectivity index (χ0v) is 13.1. The molecule has 0 aliphatic rings. The van der Waals surface area contributed by atoms with E-state index >= 15 is 0 Å². The lowest BCUT2D eigenvalue weighted by atomic mass is 10.0. The van der Waals surface area contributed by atoms with Gasteiger partial charge in [0.05, 0.1) is 14.2 Å². The number of rotatable bonds is 6. The molecular weight excluding hydrogens is 262 g/mol. The highest BCUT2D eigenvalue weighted by Crippen LogP contribution is 2.27. The lowest BCUT2D eigenvalue weighted by Crippen LogP contribution is -2.22. The number of methoxy groups -OCH3 is 2. The van der Waals surface area contributed by atoms with E-state index in [0.717, 1.165) is 17.1 Å². The second-order valence-corrected chi connectivity index (χ2v) is 5.17. The Morgan fingerprint density at radius 2 is 1.29 bits per heavy atom. The van der Waals surface area contributed by atoms with Crippen LogP contribution < -0.4 is 14.8 Å². The van der Waals surface area contributed by atoms with Crippen LogP contribution >= 0.6 is 0 Å². The highest BCUT2D eigenvalue weighted by atomic mass is 16.5. The predicted molar refractivity (Wildman–Crippen MR) is 86.0 cm³/mol. The van der Waals surface area contributed by atoms with Crippen LogP contribution in [0, 0.1) is 0 Å². The molecule has 0 heterocycles. The molecule has 21 heavy (non-hydrogen) atoms. The lowest BCUT2D eigenvalue weighted by Gasteiger charge is -2.21. The van der Waals surface area contributed by atoms with Crippen molar-refractivity contribution < 1.29 is 9.47 Å². The number of ether oxygens (including phenoxy) is 2. The topological polar surface area (TPSA) is 30.5 Å². The van der Waals surface area contributed by atoms with Crippen LogP contribution in [-0.4, -0.2) is 14.2 Å². The van der Waals surface area contributed by atoms with Gasteiger partial charge in [-0.25, -0.2) is 0 Å². The van der Waals surface area contributed by atoms with E-state index in [4.69, 9.17) is 9.47 Å². The quantitative estimate of drug-likeness (QED) is 0.866. The maximum atomic E-state index is 5.33. The lowest BCUT2D eigenvalue weighted by molar-refractivity contribution is 0.391. The molecule has 2 aromatic rings. The summed E-state index contributed by atoms with van der Waals surface area (Å²) in [5, 5.41) is 3.60. The van der Waals surface area contributed by atoms with Gasteiger partial charge in [0.15, 0.2) is 0 Å². The van der Waals surface area contributed by atoms with Crippen LogP contribution in [0.15, 0.2) is 48.5 Å². The van der Waals surface area contributed by atoms with Gasteiger partial charge in [0.1, 0.15) is 11.5 Å². The number of benzene rings is 2. The van der Waals surface area contributed by atoms with Gasteiger partial charge in [-0.2, -0.15) is 0 Å².